The van der Waals surface area contributed by atoms with Crippen molar-refractivity contribution in [2.24, 2.45) is 0 Å². The van der Waals surface area contributed by atoms with E-state index in [9.17, 15) is 19.1 Å². The van der Waals surface area contributed by atoms with Gasteiger partial charge in [-0.25, -0.2) is 9.18 Å². The number of halogens is 1. The fourth-order valence-electron chi connectivity index (χ4n) is 2.06. The number of urea groups is 1. The van der Waals surface area contributed by atoms with Gasteiger partial charge in [0.2, 0.25) is 6.41 Å². The number of hydrogen-bond donors (Lipinski definition) is 4. The molecule has 0 heterocycles. The second-order valence-corrected chi connectivity index (χ2v) is 5.43. The highest BCUT2D eigenvalue weighted by Crippen LogP contribution is 2.20. The molecule has 0 radical (unpaired) electrons. The van der Waals surface area contributed by atoms with Gasteiger partial charge in [0.05, 0.1) is 6.54 Å². The van der Waals surface area contributed by atoms with E-state index in [2.05, 4.69) is 16.0 Å². The van der Waals surface area contributed by atoms with Crippen molar-refractivity contribution >= 4 is 23.8 Å². The van der Waals surface area contributed by atoms with Gasteiger partial charge >= 0.3 is 6.03 Å². The van der Waals surface area contributed by atoms with E-state index < -0.39 is 17.4 Å². The summed E-state index contributed by atoms with van der Waals surface area (Å²) in [5, 5.41) is 18.0. The van der Waals surface area contributed by atoms with Crippen LogP contribution in [0.25, 0.3) is 0 Å². The Labute approximate surface area is 138 Å². The Kier molecular flexibility index (Phi) is 5.49. The number of carbonyl (C=O) groups excluding carboxylic acids is 2. The van der Waals surface area contributed by atoms with E-state index in [1.54, 1.807) is 24.3 Å². The van der Waals surface area contributed by atoms with Gasteiger partial charge in [-0.15, -0.1) is 0 Å². The van der Waals surface area contributed by atoms with Crippen LogP contribution in [0.3, 0.4) is 0 Å². The maximum atomic E-state index is 12.9. The van der Waals surface area contributed by atoms with E-state index in [-0.39, 0.29) is 6.54 Å². The first kappa shape index (κ1) is 17.4. The van der Waals surface area contributed by atoms with Crippen molar-refractivity contribution < 1.29 is 19.1 Å². The topological polar surface area (TPSA) is 90.5 Å². The van der Waals surface area contributed by atoms with Crippen LogP contribution >= 0.6 is 0 Å². The van der Waals surface area contributed by atoms with Crippen LogP contribution in [-0.2, 0) is 10.4 Å². The molecule has 0 saturated carbocycles. The summed E-state index contributed by atoms with van der Waals surface area (Å²) in [6, 6.07) is 11.5. The molecular weight excluding hydrogens is 313 g/mol. The van der Waals surface area contributed by atoms with Crippen LogP contribution in [0.15, 0.2) is 48.5 Å². The van der Waals surface area contributed by atoms with Gasteiger partial charge in [0.25, 0.3) is 0 Å². The van der Waals surface area contributed by atoms with E-state index in [0.29, 0.717) is 23.3 Å². The Hall–Kier alpha value is -2.93. The minimum atomic E-state index is -1.33. The highest BCUT2D eigenvalue weighted by Gasteiger charge is 2.23. The maximum absolute atomic E-state index is 12.9. The van der Waals surface area contributed by atoms with Crippen molar-refractivity contribution in [1.82, 2.24) is 5.32 Å². The number of aliphatic hydroxyl groups is 1. The number of benzene rings is 2. The molecule has 0 aliphatic carbocycles. The van der Waals surface area contributed by atoms with E-state index >= 15 is 0 Å². The molecule has 24 heavy (non-hydrogen) atoms. The molecule has 3 amide bonds. The van der Waals surface area contributed by atoms with Gasteiger partial charge < -0.3 is 21.1 Å². The summed E-state index contributed by atoms with van der Waals surface area (Å²) < 4.78 is 12.9. The first-order valence-corrected chi connectivity index (χ1v) is 7.24. The lowest BCUT2D eigenvalue weighted by Gasteiger charge is -2.24. The number of anilines is 2. The smallest absolute Gasteiger partial charge is 0.319 e. The van der Waals surface area contributed by atoms with Gasteiger partial charge in [0.15, 0.2) is 0 Å². The number of nitrogens with one attached hydrogen (secondary N) is 3. The second-order valence-electron chi connectivity index (χ2n) is 5.43. The molecule has 126 valence electrons. The normalized spacial score (nSPS) is 12.8. The van der Waals surface area contributed by atoms with Crippen molar-refractivity contribution in [3.8, 4) is 0 Å². The van der Waals surface area contributed by atoms with E-state index in [4.69, 9.17) is 0 Å². The Morgan fingerprint density at radius 3 is 2.29 bits per heavy atom. The highest BCUT2D eigenvalue weighted by atomic mass is 19.1. The minimum absolute atomic E-state index is 0.0464. The molecule has 0 bridgehead atoms. The molecule has 2 aromatic rings. The summed E-state index contributed by atoms with van der Waals surface area (Å²) in [5.74, 6) is -0.396. The summed E-state index contributed by atoms with van der Waals surface area (Å²) in [5.41, 5.74) is 0.303. The fraction of sp³-hybridized carbons (Fsp3) is 0.176. The predicted octanol–water partition coefficient (Wildman–Crippen LogP) is 2.42. The number of hydrogen-bond acceptors (Lipinski definition) is 3. The van der Waals surface area contributed by atoms with E-state index in [0.717, 1.165) is 0 Å². The van der Waals surface area contributed by atoms with Crippen molar-refractivity contribution in [3.63, 3.8) is 0 Å². The van der Waals surface area contributed by atoms with Gasteiger partial charge in [-0.2, -0.15) is 0 Å². The zero-order chi connectivity index (χ0) is 17.6. The Bertz CT molecular complexity index is 700. The molecule has 6 nitrogen and oxygen atoms in total. The lowest BCUT2D eigenvalue weighted by Crippen LogP contribution is -2.40. The van der Waals surface area contributed by atoms with Crippen LogP contribution in [0, 0.1) is 5.82 Å². The molecule has 1 unspecified atom stereocenters. The number of carbonyl (C=O) groups is 2. The maximum Gasteiger partial charge on any atom is 0.319 e. The minimum Gasteiger partial charge on any atom is -0.384 e. The highest BCUT2D eigenvalue weighted by molar-refractivity contribution is 5.89. The average molecular weight is 331 g/mol. The molecule has 0 spiro atoms. The fourth-order valence-corrected chi connectivity index (χ4v) is 2.06. The monoisotopic (exact) mass is 331 g/mol. The quantitative estimate of drug-likeness (QED) is 0.613. The van der Waals surface area contributed by atoms with Gasteiger partial charge in [0.1, 0.15) is 11.4 Å². The van der Waals surface area contributed by atoms with Gasteiger partial charge in [-0.05, 0) is 48.9 Å². The molecule has 4 N–H and O–H groups in total. The van der Waals surface area contributed by atoms with Crippen molar-refractivity contribution in [1.29, 1.82) is 0 Å². The van der Waals surface area contributed by atoms with E-state index in [1.807, 2.05) is 0 Å². The van der Waals surface area contributed by atoms with Crippen molar-refractivity contribution in [2.75, 3.05) is 17.2 Å². The van der Waals surface area contributed by atoms with Gasteiger partial charge in [-0.3, -0.25) is 4.79 Å². The molecule has 0 saturated heterocycles. The molecule has 0 aromatic heterocycles. The van der Waals surface area contributed by atoms with Crippen LogP contribution in [-0.4, -0.2) is 24.1 Å². The first-order chi connectivity index (χ1) is 11.4. The van der Waals surface area contributed by atoms with Gasteiger partial charge in [0, 0.05) is 11.4 Å². The summed E-state index contributed by atoms with van der Waals surface area (Å²) in [4.78, 5) is 22.2. The lowest BCUT2D eigenvalue weighted by molar-refractivity contribution is -0.105. The Balaban J connectivity index is 1.89. The molecule has 7 heteroatoms. The molecular formula is C17H18FN3O3. The summed E-state index contributed by atoms with van der Waals surface area (Å²) in [7, 11) is 0. The van der Waals surface area contributed by atoms with Crippen LogP contribution in [0.1, 0.15) is 12.5 Å². The molecule has 2 aromatic carbocycles. The molecule has 0 aliphatic heterocycles. The first-order valence-electron chi connectivity index (χ1n) is 7.24. The largest absolute Gasteiger partial charge is 0.384 e. The Morgan fingerprint density at radius 1 is 1.12 bits per heavy atom. The molecule has 1 atom stereocenters. The predicted molar refractivity (Wildman–Crippen MR) is 89.1 cm³/mol. The SMILES string of the molecule is CC(O)(CNC(=O)Nc1ccc(NC=O)cc1)c1ccc(F)cc1. The summed E-state index contributed by atoms with van der Waals surface area (Å²) in [6.07, 6.45) is 0.562. The standard InChI is InChI=1S/C17H18FN3O3/c1-17(24,12-2-4-13(18)5-3-12)10-19-16(23)21-15-8-6-14(7-9-15)20-11-22/h2-9,11,24H,10H2,1H3,(H,20,22)(H2,19,21,23). The van der Waals surface area contributed by atoms with Gasteiger partial charge in [-0.1, -0.05) is 12.1 Å². The lowest BCUT2D eigenvalue weighted by atomic mass is 9.96. The Morgan fingerprint density at radius 2 is 1.71 bits per heavy atom. The molecule has 0 aliphatic rings. The number of rotatable bonds is 6. The summed E-state index contributed by atoms with van der Waals surface area (Å²) >= 11 is 0. The molecule has 0 fully saturated rings. The zero-order valence-electron chi connectivity index (χ0n) is 13.0. The molecule has 2 rings (SSSR count). The zero-order valence-corrected chi connectivity index (χ0v) is 13.0. The van der Waals surface area contributed by atoms with Crippen molar-refractivity contribution in [3.05, 3.63) is 59.9 Å². The van der Waals surface area contributed by atoms with Crippen LogP contribution in [0.2, 0.25) is 0 Å². The van der Waals surface area contributed by atoms with E-state index in [1.165, 1.54) is 31.2 Å². The third-order valence-corrected chi connectivity index (χ3v) is 3.43. The van der Waals surface area contributed by atoms with Crippen molar-refractivity contribution in [2.45, 2.75) is 12.5 Å². The van der Waals surface area contributed by atoms with Crippen LogP contribution < -0.4 is 16.0 Å². The third-order valence-electron chi connectivity index (χ3n) is 3.43. The van der Waals surface area contributed by atoms with Crippen LogP contribution in [0.5, 0.6) is 0 Å². The third kappa shape index (κ3) is 4.79. The summed E-state index contributed by atoms with van der Waals surface area (Å²) in [6.45, 7) is 1.48. The second kappa shape index (κ2) is 7.56. The average Bonchev–Trinajstić information content (AvgIpc) is 2.56. The number of amides is 3. The van der Waals surface area contributed by atoms with Crippen LogP contribution in [0.4, 0.5) is 20.6 Å².